The minimum Gasteiger partial charge on any atom is -0.478 e. The van der Waals surface area contributed by atoms with Crippen molar-refractivity contribution in [3.05, 3.63) is 64.2 Å². The molecule has 0 aliphatic carbocycles. The number of halogens is 4. The number of anilines is 1. The van der Waals surface area contributed by atoms with Crippen molar-refractivity contribution in [3.8, 4) is 0 Å². The maximum atomic E-state index is 12.6. The second kappa shape index (κ2) is 8.88. The first kappa shape index (κ1) is 20.7. The summed E-state index contributed by atoms with van der Waals surface area (Å²) in [6.07, 6.45) is -4.53. The van der Waals surface area contributed by atoms with Gasteiger partial charge in [0.2, 0.25) is 0 Å². The van der Waals surface area contributed by atoms with Crippen molar-refractivity contribution in [2.75, 3.05) is 18.5 Å². The number of benzene rings is 2. The predicted octanol–water partition coefficient (Wildman–Crippen LogP) is 4.25. The standard InChI is InChI=1S/C18H15ClF3NO4/c19-16-6-11(4-5-15(16)18(20,21)22)9-27-10-14(24)8-23-13-3-1-2-12(7-13)17(25)26/h1-7,23H,8-10H2,(H,25,26). The van der Waals surface area contributed by atoms with Gasteiger partial charge in [-0.05, 0) is 35.9 Å². The first-order chi connectivity index (χ1) is 12.7. The number of carbonyl (C=O) groups excluding carboxylic acids is 1. The number of carboxylic acids is 1. The summed E-state index contributed by atoms with van der Waals surface area (Å²) >= 11 is 5.61. The minimum atomic E-state index is -4.53. The van der Waals surface area contributed by atoms with E-state index in [4.69, 9.17) is 21.4 Å². The smallest absolute Gasteiger partial charge is 0.417 e. The number of nitrogens with one attached hydrogen (secondary N) is 1. The Morgan fingerprint density at radius 3 is 2.52 bits per heavy atom. The Balaban J connectivity index is 1.80. The lowest BCUT2D eigenvalue weighted by molar-refractivity contribution is -0.137. The largest absolute Gasteiger partial charge is 0.478 e. The Morgan fingerprint density at radius 2 is 1.89 bits per heavy atom. The zero-order chi connectivity index (χ0) is 20.0. The molecule has 0 amide bonds. The Hall–Kier alpha value is -2.58. The topological polar surface area (TPSA) is 75.6 Å². The zero-order valence-electron chi connectivity index (χ0n) is 13.8. The van der Waals surface area contributed by atoms with Crippen LogP contribution in [0.2, 0.25) is 5.02 Å². The van der Waals surface area contributed by atoms with Gasteiger partial charge in [0.15, 0.2) is 5.78 Å². The van der Waals surface area contributed by atoms with E-state index in [-0.39, 0.29) is 31.1 Å². The van der Waals surface area contributed by atoms with E-state index in [1.54, 1.807) is 12.1 Å². The van der Waals surface area contributed by atoms with Crippen LogP contribution < -0.4 is 5.32 Å². The molecule has 144 valence electrons. The molecule has 0 spiro atoms. The number of hydrogen-bond acceptors (Lipinski definition) is 4. The van der Waals surface area contributed by atoms with E-state index in [0.29, 0.717) is 11.3 Å². The number of carboxylic acid groups (broad SMARTS) is 1. The van der Waals surface area contributed by atoms with Crippen LogP contribution in [0.15, 0.2) is 42.5 Å². The number of ether oxygens (including phenoxy) is 1. The van der Waals surface area contributed by atoms with Gasteiger partial charge in [0.05, 0.1) is 29.3 Å². The highest BCUT2D eigenvalue weighted by Crippen LogP contribution is 2.34. The number of ketones is 1. The highest BCUT2D eigenvalue weighted by Gasteiger charge is 2.32. The van der Waals surface area contributed by atoms with Gasteiger partial charge >= 0.3 is 12.1 Å². The van der Waals surface area contributed by atoms with E-state index in [0.717, 1.165) is 12.1 Å². The average Bonchev–Trinajstić information content (AvgIpc) is 2.59. The summed E-state index contributed by atoms with van der Waals surface area (Å²) in [4.78, 5) is 22.7. The summed E-state index contributed by atoms with van der Waals surface area (Å²) in [7, 11) is 0. The van der Waals surface area contributed by atoms with Gasteiger partial charge in [-0.25, -0.2) is 4.79 Å². The minimum absolute atomic E-state index is 0.0713. The van der Waals surface area contributed by atoms with Gasteiger partial charge in [0.1, 0.15) is 6.61 Å². The molecule has 5 nitrogen and oxygen atoms in total. The number of aromatic carboxylic acids is 1. The Kier molecular flexibility index (Phi) is 6.81. The molecular formula is C18H15ClF3NO4. The molecule has 2 aromatic carbocycles. The van der Waals surface area contributed by atoms with Gasteiger partial charge < -0.3 is 15.2 Å². The van der Waals surface area contributed by atoms with Gasteiger partial charge in [0.25, 0.3) is 0 Å². The Bertz CT molecular complexity index is 840. The first-order valence-corrected chi connectivity index (χ1v) is 8.07. The van der Waals surface area contributed by atoms with Crippen molar-refractivity contribution in [1.29, 1.82) is 0 Å². The quantitative estimate of drug-likeness (QED) is 0.691. The summed E-state index contributed by atoms with van der Waals surface area (Å²) in [5, 5.41) is 11.3. The van der Waals surface area contributed by atoms with Crippen molar-refractivity contribution in [1.82, 2.24) is 0 Å². The molecule has 0 bridgehead atoms. The van der Waals surface area contributed by atoms with E-state index >= 15 is 0 Å². The molecule has 0 saturated carbocycles. The summed E-state index contributed by atoms with van der Waals surface area (Å²) in [5.74, 6) is -1.39. The maximum absolute atomic E-state index is 12.6. The van der Waals surface area contributed by atoms with Crippen LogP contribution in [0.25, 0.3) is 0 Å². The molecular weight excluding hydrogens is 387 g/mol. The van der Waals surface area contributed by atoms with Crippen molar-refractivity contribution < 1.29 is 32.6 Å². The lowest BCUT2D eigenvalue weighted by Gasteiger charge is -2.11. The highest BCUT2D eigenvalue weighted by molar-refractivity contribution is 6.31. The molecule has 0 aliphatic rings. The van der Waals surface area contributed by atoms with Crippen LogP contribution in [0.5, 0.6) is 0 Å². The molecule has 0 heterocycles. The fourth-order valence-corrected chi connectivity index (χ4v) is 2.49. The number of alkyl halides is 3. The Labute approximate surface area is 157 Å². The SMILES string of the molecule is O=C(CNc1cccc(C(=O)O)c1)COCc1ccc(C(F)(F)F)c(Cl)c1. The highest BCUT2D eigenvalue weighted by atomic mass is 35.5. The van der Waals surface area contributed by atoms with Gasteiger partial charge in [-0.3, -0.25) is 4.79 Å². The normalized spacial score (nSPS) is 11.3. The van der Waals surface area contributed by atoms with Crippen LogP contribution in [0.1, 0.15) is 21.5 Å². The zero-order valence-corrected chi connectivity index (χ0v) is 14.6. The van der Waals surface area contributed by atoms with Crippen LogP contribution in [0.3, 0.4) is 0 Å². The van der Waals surface area contributed by atoms with Gasteiger partial charge in [-0.1, -0.05) is 23.7 Å². The fraction of sp³-hybridized carbons (Fsp3) is 0.222. The molecule has 0 unspecified atom stereocenters. The monoisotopic (exact) mass is 401 g/mol. The third-order valence-corrected chi connectivity index (χ3v) is 3.78. The van der Waals surface area contributed by atoms with Crippen molar-refractivity contribution in [2.24, 2.45) is 0 Å². The van der Waals surface area contributed by atoms with E-state index in [9.17, 15) is 22.8 Å². The molecule has 2 N–H and O–H groups in total. The number of Topliss-reactive ketones (excluding diaryl/α,β-unsaturated/α-hetero) is 1. The van der Waals surface area contributed by atoms with Crippen molar-refractivity contribution >= 4 is 29.0 Å². The fourth-order valence-electron chi connectivity index (χ4n) is 2.17. The van der Waals surface area contributed by atoms with Gasteiger partial charge in [-0.15, -0.1) is 0 Å². The molecule has 0 aliphatic heterocycles. The molecule has 0 fully saturated rings. The second-order valence-corrected chi connectivity index (χ2v) is 5.99. The van der Waals surface area contributed by atoms with Crippen LogP contribution in [-0.4, -0.2) is 30.0 Å². The predicted molar refractivity (Wildman–Crippen MR) is 93.0 cm³/mol. The van der Waals surface area contributed by atoms with Crippen LogP contribution >= 0.6 is 11.6 Å². The molecule has 2 aromatic rings. The second-order valence-electron chi connectivity index (χ2n) is 5.58. The summed E-state index contributed by atoms with van der Waals surface area (Å²) < 4.78 is 43.1. The molecule has 0 saturated heterocycles. The van der Waals surface area contributed by atoms with E-state index in [1.165, 1.54) is 18.2 Å². The van der Waals surface area contributed by atoms with E-state index in [2.05, 4.69) is 5.32 Å². The molecule has 9 heteroatoms. The molecule has 0 atom stereocenters. The molecule has 0 radical (unpaired) electrons. The lowest BCUT2D eigenvalue weighted by Crippen LogP contribution is -2.19. The van der Waals surface area contributed by atoms with Crippen LogP contribution in [0.4, 0.5) is 18.9 Å². The number of rotatable bonds is 8. The maximum Gasteiger partial charge on any atom is 0.417 e. The lowest BCUT2D eigenvalue weighted by atomic mass is 10.1. The van der Waals surface area contributed by atoms with E-state index in [1.807, 2.05) is 0 Å². The molecule has 0 aromatic heterocycles. The third kappa shape index (κ3) is 6.26. The third-order valence-electron chi connectivity index (χ3n) is 3.47. The van der Waals surface area contributed by atoms with Gasteiger partial charge in [-0.2, -0.15) is 13.2 Å². The average molecular weight is 402 g/mol. The van der Waals surface area contributed by atoms with Crippen LogP contribution in [-0.2, 0) is 22.3 Å². The van der Waals surface area contributed by atoms with Crippen molar-refractivity contribution in [2.45, 2.75) is 12.8 Å². The summed E-state index contributed by atoms with van der Waals surface area (Å²) in [6.45, 7) is -0.417. The van der Waals surface area contributed by atoms with Crippen molar-refractivity contribution in [3.63, 3.8) is 0 Å². The Morgan fingerprint density at radius 1 is 1.15 bits per heavy atom. The van der Waals surface area contributed by atoms with Gasteiger partial charge in [0, 0.05) is 5.69 Å². The summed E-state index contributed by atoms with van der Waals surface area (Å²) in [5.41, 5.74) is 0.0281. The van der Waals surface area contributed by atoms with Crippen LogP contribution in [0, 0.1) is 0 Å². The number of hydrogen-bond donors (Lipinski definition) is 2. The number of carbonyl (C=O) groups is 2. The first-order valence-electron chi connectivity index (χ1n) is 7.69. The molecule has 2 rings (SSSR count). The van der Waals surface area contributed by atoms with E-state index < -0.39 is 22.7 Å². The summed E-state index contributed by atoms with van der Waals surface area (Å²) in [6, 6.07) is 9.21. The molecule has 27 heavy (non-hydrogen) atoms.